The Morgan fingerprint density at radius 1 is 0.542 bits per heavy atom. The van der Waals surface area contributed by atoms with Gasteiger partial charge in [-0.3, -0.25) is 0 Å². The summed E-state index contributed by atoms with van der Waals surface area (Å²) in [5.41, 5.74) is 20.6. The van der Waals surface area contributed by atoms with Crippen molar-refractivity contribution in [2.75, 3.05) is 9.80 Å². The molecule has 0 atom stereocenters. The van der Waals surface area contributed by atoms with E-state index >= 15 is 0 Å². The monoisotopic (exact) mass is 776 g/mol. The highest BCUT2D eigenvalue weighted by Crippen LogP contribution is 2.45. The van der Waals surface area contributed by atoms with Crippen LogP contribution in [0.5, 0.6) is 0 Å². The minimum absolute atomic E-state index is 0.0480. The highest BCUT2D eigenvalue weighted by atomic mass is 16.3. The first-order valence-corrected chi connectivity index (χ1v) is 21.3. The van der Waals surface area contributed by atoms with Crippen molar-refractivity contribution in [3.05, 3.63) is 195 Å². The van der Waals surface area contributed by atoms with E-state index < -0.39 is 0 Å². The number of hydrogen-bond acceptors (Lipinski definition) is 3. The zero-order chi connectivity index (χ0) is 41.8. The minimum Gasteiger partial charge on any atom is -0.460 e. The second-order valence-corrected chi connectivity index (χ2v) is 19.1. The Labute approximate surface area is 353 Å². The maximum absolute atomic E-state index is 6.96. The van der Waals surface area contributed by atoms with E-state index in [9.17, 15) is 0 Å². The molecule has 5 aromatic carbocycles. The van der Waals surface area contributed by atoms with Gasteiger partial charge >= 0.3 is 0 Å². The van der Waals surface area contributed by atoms with Gasteiger partial charge in [0.2, 0.25) is 0 Å². The van der Waals surface area contributed by atoms with Crippen molar-refractivity contribution in [2.24, 2.45) is 0 Å². The topological polar surface area (TPSA) is 19.6 Å². The summed E-state index contributed by atoms with van der Waals surface area (Å²) in [5.74, 6) is 1.97. The van der Waals surface area contributed by atoms with Gasteiger partial charge in [-0.25, -0.2) is 0 Å². The molecule has 3 nitrogen and oxygen atoms in total. The Balaban J connectivity index is 1.31. The molecule has 0 spiro atoms. The highest BCUT2D eigenvalue weighted by Gasteiger charge is 2.30. The molecule has 0 saturated carbocycles. The maximum Gasteiger partial charge on any atom is 0.130 e. The summed E-state index contributed by atoms with van der Waals surface area (Å²) in [7, 11) is 0. The van der Waals surface area contributed by atoms with Gasteiger partial charge in [0.1, 0.15) is 11.5 Å². The number of benzene rings is 5. The molecule has 0 fully saturated rings. The van der Waals surface area contributed by atoms with E-state index in [1.54, 1.807) is 0 Å². The van der Waals surface area contributed by atoms with Crippen molar-refractivity contribution in [1.82, 2.24) is 0 Å². The van der Waals surface area contributed by atoms with Crippen LogP contribution in [0.3, 0.4) is 0 Å². The Morgan fingerprint density at radius 3 is 1.59 bits per heavy atom. The van der Waals surface area contributed by atoms with Crippen LogP contribution in [0.25, 0.3) is 11.8 Å². The van der Waals surface area contributed by atoms with Crippen molar-refractivity contribution in [2.45, 2.75) is 106 Å². The third kappa shape index (κ3) is 8.26. The summed E-state index contributed by atoms with van der Waals surface area (Å²) < 4.78 is 6.96. The van der Waals surface area contributed by atoms with E-state index in [0.29, 0.717) is 12.8 Å². The molecule has 1 heterocycles. The molecule has 0 radical (unpaired) electrons. The summed E-state index contributed by atoms with van der Waals surface area (Å²) in [6.07, 6.45) is 10.1. The van der Waals surface area contributed by atoms with Crippen LogP contribution in [0, 0.1) is 27.7 Å². The van der Waals surface area contributed by atoms with Gasteiger partial charge in [-0.05, 0) is 181 Å². The van der Waals surface area contributed by atoms with E-state index in [1.165, 1.54) is 55.6 Å². The lowest BCUT2D eigenvalue weighted by Gasteiger charge is -2.30. The zero-order valence-electron chi connectivity index (χ0n) is 36.9. The van der Waals surface area contributed by atoms with Gasteiger partial charge in [-0.2, -0.15) is 0 Å². The minimum atomic E-state index is 0.0480. The maximum atomic E-state index is 6.96. The average Bonchev–Trinajstić information content (AvgIpc) is 3.54. The molecule has 8 rings (SSSR count). The van der Waals surface area contributed by atoms with Gasteiger partial charge < -0.3 is 14.2 Å². The number of anilines is 5. The van der Waals surface area contributed by atoms with Crippen molar-refractivity contribution >= 4 is 40.2 Å². The fraction of sp³-hybridized carbons (Fsp3) is 0.286. The lowest BCUT2D eigenvalue weighted by Crippen LogP contribution is -2.19. The summed E-state index contributed by atoms with van der Waals surface area (Å²) >= 11 is 0. The SMILES string of the molecule is C=C1/C=C(/N(c2ccc(C(C)(C)C)cc2)c2cc(C)cc(C)c2)c2c(oc3c2CCC=C3)Cc2ccc(N(c3ccc(C(C)(C)C)cc3)c3cc(C)cc(C)c3)cc2C1. The number of hydrogen-bond donors (Lipinski definition) is 0. The fourth-order valence-electron chi connectivity index (χ4n) is 9.01. The van der Waals surface area contributed by atoms with Gasteiger partial charge in [0.05, 0.1) is 5.70 Å². The molecule has 0 amide bonds. The predicted octanol–water partition coefficient (Wildman–Crippen LogP) is 15.4. The van der Waals surface area contributed by atoms with Gasteiger partial charge in [0.25, 0.3) is 0 Å². The number of furan rings is 1. The first kappa shape index (κ1) is 40.0. The molecule has 1 aromatic heterocycles. The van der Waals surface area contributed by atoms with Crippen LogP contribution in [-0.2, 0) is 30.1 Å². The molecule has 3 heteroatoms. The first-order chi connectivity index (χ1) is 28.0. The Kier molecular flexibility index (Phi) is 10.5. The second kappa shape index (κ2) is 15.4. The predicted molar refractivity (Wildman–Crippen MR) is 252 cm³/mol. The Morgan fingerprint density at radius 2 is 1.05 bits per heavy atom. The molecule has 6 aromatic rings. The lowest BCUT2D eigenvalue weighted by molar-refractivity contribution is 0.507. The number of nitrogens with zero attached hydrogens (tertiary/aromatic N) is 2. The van der Waals surface area contributed by atoms with Crippen LogP contribution in [-0.4, -0.2) is 0 Å². The lowest BCUT2D eigenvalue weighted by atomic mass is 9.87. The summed E-state index contributed by atoms with van der Waals surface area (Å²) in [4.78, 5) is 4.86. The Bertz CT molecular complexity index is 2570. The molecular formula is C56H60N2O. The molecule has 300 valence electrons. The van der Waals surface area contributed by atoms with E-state index in [0.717, 1.165) is 64.1 Å². The van der Waals surface area contributed by atoms with Crippen molar-refractivity contribution in [3.8, 4) is 0 Å². The Hall–Kier alpha value is -5.80. The number of aryl methyl sites for hydroxylation is 4. The summed E-state index contributed by atoms with van der Waals surface area (Å²) in [5, 5.41) is 0. The number of rotatable bonds is 6. The third-order valence-corrected chi connectivity index (χ3v) is 11.9. The van der Waals surface area contributed by atoms with E-state index in [4.69, 9.17) is 11.0 Å². The van der Waals surface area contributed by atoms with Crippen molar-refractivity contribution < 1.29 is 4.42 Å². The van der Waals surface area contributed by atoms with Crippen LogP contribution in [0.15, 0.2) is 132 Å². The van der Waals surface area contributed by atoms with Crippen LogP contribution in [0.4, 0.5) is 28.4 Å². The smallest absolute Gasteiger partial charge is 0.130 e. The standard InChI is InChI=1S/C56H60N2O/c1-36-26-37(2)30-48(29-36)57(45-22-17-43(18-23-45)55(6,7)8)47-21-16-41-35-53-54(50-14-12-13-15-52(50)59-53)51(33-40(5)28-42(41)34-47)58(49-31-38(3)27-39(4)32-49)46-24-19-44(20-25-46)56(9,10)11/h13,15-27,29-34H,5,12,14,28,35H2,1-4,6-11H3/b51-33+. The molecule has 59 heavy (non-hydrogen) atoms. The molecule has 0 aliphatic heterocycles. The molecule has 2 aliphatic carbocycles. The normalized spacial score (nSPS) is 14.9. The van der Waals surface area contributed by atoms with Crippen molar-refractivity contribution in [3.63, 3.8) is 0 Å². The quantitative estimate of drug-likeness (QED) is 0.168. The molecular weight excluding hydrogens is 717 g/mol. The van der Waals surface area contributed by atoms with Crippen LogP contribution >= 0.6 is 0 Å². The summed E-state index contributed by atoms with van der Waals surface area (Å²) in [6.45, 7) is 27.2. The summed E-state index contributed by atoms with van der Waals surface area (Å²) in [6, 6.07) is 39.0. The molecule has 2 aliphatic rings. The molecule has 0 N–H and O–H groups in total. The van der Waals surface area contributed by atoms with Crippen LogP contribution < -0.4 is 9.80 Å². The second-order valence-electron chi connectivity index (χ2n) is 19.1. The van der Waals surface area contributed by atoms with Crippen molar-refractivity contribution in [1.29, 1.82) is 0 Å². The fourth-order valence-corrected chi connectivity index (χ4v) is 9.01. The van der Waals surface area contributed by atoms with E-state index in [2.05, 4.69) is 200 Å². The zero-order valence-corrected chi connectivity index (χ0v) is 36.9. The van der Waals surface area contributed by atoms with Gasteiger partial charge in [-0.15, -0.1) is 0 Å². The third-order valence-electron chi connectivity index (χ3n) is 11.9. The number of allylic oxidation sites excluding steroid dienone is 3. The molecule has 0 unspecified atom stereocenters. The van der Waals surface area contributed by atoms with Crippen LogP contribution in [0.2, 0.25) is 0 Å². The van der Waals surface area contributed by atoms with Gasteiger partial charge in [0, 0.05) is 46.0 Å². The first-order valence-electron chi connectivity index (χ1n) is 21.3. The van der Waals surface area contributed by atoms with E-state index in [-0.39, 0.29) is 10.8 Å². The van der Waals surface area contributed by atoms with E-state index in [1.807, 2.05) is 0 Å². The molecule has 0 bridgehead atoms. The highest BCUT2D eigenvalue weighted by molar-refractivity contribution is 5.92. The largest absolute Gasteiger partial charge is 0.460 e. The average molecular weight is 777 g/mol. The van der Waals surface area contributed by atoms with Gasteiger partial charge in [0.15, 0.2) is 0 Å². The van der Waals surface area contributed by atoms with Crippen LogP contribution in [0.1, 0.15) is 115 Å². The van der Waals surface area contributed by atoms with Gasteiger partial charge in [-0.1, -0.05) is 96.7 Å². The molecule has 0 saturated heterocycles. The number of fused-ring (bicyclic) bond motifs is 4.